The highest BCUT2D eigenvalue weighted by molar-refractivity contribution is 5.39. The van der Waals surface area contributed by atoms with Crippen LogP contribution in [0.2, 0.25) is 0 Å². The van der Waals surface area contributed by atoms with Crippen LogP contribution in [0.25, 0.3) is 0 Å². The van der Waals surface area contributed by atoms with E-state index in [4.69, 9.17) is 4.74 Å². The molecule has 2 aliphatic rings. The molecule has 1 aromatic rings. The van der Waals surface area contributed by atoms with E-state index >= 15 is 0 Å². The Kier molecular flexibility index (Phi) is 1.98. The Morgan fingerprint density at radius 3 is 2.73 bits per heavy atom. The number of ether oxygens (including phenoxy) is 1. The van der Waals surface area contributed by atoms with Gasteiger partial charge in [0.1, 0.15) is 17.2 Å². The second kappa shape index (κ2) is 3.22. The van der Waals surface area contributed by atoms with E-state index in [2.05, 4.69) is 0 Å². The van der Waals surface area contributed by atoms with Gasteiger partial charge in [-0.1, -0.05) is 6.42 Å². The van der Waals surface area contributed by atoms with E-state index in [9.17, 15) is 4.39 Å². The molecule has 1 aliphatic carbocycles. The third-order valence-electron chi connectivity index (χ3n) is 3.63. The zero-order valence-electron chi connectivity index (χ0n) is 8.76. The Hall–Kier alpha value is -1.05. The van der Waals surface area contributed by atoms with Crippen molar-refractivity contribution in [2.24, 2.45) is 0 Å². The predicted molar refractivity (Wildman–Crippen MR) is 56.5 cm³/mol. The van der Waals surface area contributed by atoms with Gasteiger partial charge in [-0.05, 0) is 43.9 Å². The van der Waals surface area contributed by atoms with Gasteiger partial charge >= 0.3 is 0 Å². The Morgan fingerprint density at radius 2 is 1.93 bits per heavy atom. The minimum atomic E-state index is -0.148. The molecule has 15 heavy (non-hydrogen) atoms. The van der Waals surface area contributed by atoms with Gasteiger partial charge in [-0.3, -0.25) is 0 Å². The van der Waals surface area contributed by atoms with Gasteiger partial charge in [-0.15, -0.1) is 0 Å². The number of hydrogen-bond acceptors (Lipinski definition) is 1. The van der Waals surface area contributed by atoms with E-state index in [1.54, 1.807) is 12.1 Å². The number of rotatable bonds is 0. The smallest absolute Gasteiger partial charge is 0.123 e. The van der Waals surface area contributed by atoms with Crippen molar-refractivity contribution in [2.75, 3.05) is 0 Å². The van der Waals surface area contributed by atoms with Gasteiger partial charge in [0.2, 0.25) is 0 Å². The van der Waals surface area contributed by atoms with Crippen LogP contribution >= 0.6 is 0 Å². The van der Waals surface area contributed by atoms with Gasteiger partial charge in [0.15, 0.2) is 0 Å². The van der Waals surface area contributed by atoms with Gasteiger partial charge < -0.3 is 4.74 Å². The third-order valence-corrected chi connectivity index (χ3v) is 3.63. The zero-order chi connectivity index (χ0) is 10.3. The summed E-state index contributed by atoms with van der Waals surface area (Å²) in [6.45, 7) is 0. The zero-order valence-corrected chi connectivity index (χ0v) is 8.76. The molecule has 1 saturated carbocycles. The van der Waals surface area contributed by atoms with Crippen molar-refractivity contribution in [3.05, 3.63) is 29.6 Å². The van der Waals surface area contributed by atoms with Gasteiger partial charge in [0.05, 0.1) is 0 Å². The normalized spacial score (nSPS) is 22.5. The van der Waals surface area contributed by atoms with Gasteiger partial charge in [-0.25, -0.2) is 4.39 Å². The number of hydrogen-bond donors (Lipinski definition) is 0. The number of benzene rings is 1. The molecular formula is C13H15FO. The summed E-state index contributed by atoms with van der Waals surface area (Å²) in [5.41, 5.74) is 1.06. The van der Waals surface area contributed by atoms with E-state index in [-0.39, 0.29) is 11.4 Å². The first kappa shape index (κ1) is 9.20. The molecule has 0 aromatic heterocycles. The van der Waals surface area contributed by atoms with Gasteiger partial charge in [0.25, 0.3) is 0 Å². The van der Waals surface area contributed by atoms with Crippen molar-refractivity contribution >= 4 is 0 Å². The minimum absolute atomic E-state index is 0.00831. The van der Waals surface area contributed by atoms with Crippen molar-refractivity contribution in [3.63, 3.8) is 0 Å². The molecule has 3 rings (SSSR count). The summed E-state index contributed by atoms with van der Waals surface area (Å²) in [7, 11) is 0. The van der Waals surface area contributed by atoms with Crippen molar-refractivity contribution in [1.29, 1.82) is 0 Å². The minimum Gasteiger partial charge on any atom is -0.487 e. The van der Waals surface area contributed by atoms with Gasteiger partial charge in [-0.2, -0.15) is 0 Å². The summed E-state index contributed by atoms with van der Waals surface area (Å²) in [5.74, 6) is 0.753. The quantitative estimate of drug-likeness (QED) is 0.631. The van der Waals surface area contributed by atoms with E-state index in [1.165, 1.54) is 25.3 Å². The fourth-order valence-electron chi connectivity index (χ4n) is 2.88. The molecule has 1 spiro atoms. The maximum atomic E-state index is 13.1. The Labute approximate surface area is 89.3 Å². The lowest BCUT2D eigenvalue weighted by atomic mass is 9.82. The first-order valence-corrected chi connectivity index (χ1v) is 5.75. The molecule has 1 aromatic carbocycles. The summed E-state index contributed by atoms with van der Waals surface area (Å²) in [6.07, 6.45) is 6.97. The van der Waals surface area contributed by atoms with Crippen LogP contribution in [0.5, 0.6) is 5.75 Å². The molecule has 1 nitrogen and oxygen atoms in total. The van der Waals surface area contributed by atoms with Gasteiger partial charge in [0, 0.05) is 12.0 Å². The highest BCUT2D eigenvalue weighted by Gasteiger charge is 2.40. The molecule has 0 bridgehead atoms. The lowest BCUT2D eigenvalue weighted by Crippen LogP contribution is -2.36. The van der Waals surface area contributed by atoms with Crippen LogP contribution in [-0.4, -0.2) is 5.60 Å². The van der Waals surface area contributed by atoms with Crippen molar-refractivity contribution in [2.45, 2.75) is 44.1 Å². The second-order valence-corrected chi connectivity index (χ2v) is 4.77. The standard InChI is InChI=1S/C13H15FO/c14-11-4-5-12-10(8-11)9-13(15-12)6-2-1-3-7-13/h4-5,8H,1-3,6-7,9H2. The molecule has 1 heterocycles. The van der Waals surface area contributed by atoms with Crippen molar-refractivity contribution < 1.29 is 9.13 Å². The molecule has 0 amide bonds. The van der Waals surface area contributed by atoms with Crippen molar-refractivity contribution in [3.8, 4) is 5.75 Å². The second-order valence-electron chi connectivity index (χ2n) is 4.77. The number of fused-ring (bicyclic) bond motifs is 1. The summed E-state index contributed by atoms with van der Waals surface area (Å²) in [5, 5.41) is 0. The largest absolute Gasteiger partial charge is 0.487 e. The first-order valence-electron chi connectivity index (χ1n) is 5.75. The van der Waals surface area contributed by atoms with Crippen LogP contribution in [0.1, 0.15) is 37.7 Å². The molecule has 1 fully saturated rings. The summed E-state index contributed by atoms with van der Waals surface area (Å²) in [4.78, 5) is 0. The SMILES string of the molecule is Fc1ccc2c(c1)CC1(CCCCC1)O2. The van der Waals surface area contributed by atoms with Crippen LogP contribution in [0.4, 0.5) is 4.39 Å². The average molecular weight is 206 g/mol. The monoisotopic (exact) mass is 206 g/mol. The third kappa shape index (κ3) is 1.52. The van der Waals surface area contributed by atoms with E-state index in [1.807, 2.05) is 0 Å². The summed E-state index contributed by atoms with van der Waals surface area (Å²) < 4.78 is 19.1. The fraction of sp³-hybridized carbons (Fsp3) is 0.538. The predicted octanol–water partition coefficient (Wildman–Crippen LogP) is 3.46. The van der Waals surface area contributed by atoms with Crippen LogP contribution in [-0.2, 0) is 6.42 Å². The number of halogens is 1. The van der Waals surface area contributed by atoms with Crippen LogP contribution < -0.4 is 4.74 Å². The van der Waals surface area contributed by atoms with E-state index < -0.39 is 0 Å². The highest BCUT2D eigenvalue weighted by atomic mass is 19.1. The molecule has 0 radical (unpaired) electrons. The summed E-state index contributed by atoms with van der Waals surface area (Å²) >= 11 is 0. The topological polar surface area (TPSA) is 9.23 Å². The maximum Gasteiger partial charge on any atom is 0.123 e. The molecule has 2 heteroatoms. The lowest BCUT2D eigenvalue weighted by molar-refractivity contribution is 0.0529. The maximum absolute atomic E-state index is 13.1. The fourth-order valence-corrected chi connectivity index (χ4v) is 2.88. The molecule has 80 valence electrons. The van der Waals surface area contributed by atoms with E-state index in [0.29, 0.717) is 0 Å². The first-order chi connectivity index (χ1) is 7.27. The summed E-state index contributed by atoms with van der Waals surface area (Å²) in [6, 6.07) is 4.88. The molecule has 0 saturated heterocycles. The lowest BCUT2D eigenvalue weighted by Gasteiger charge is -2.32. The van der Waals surface area contributed by atoms with Crippen molar-refractivity contribution in [1.82, 2.24) is 0 Å². The average Bonchev–Trinajstić information content (AvgIpc) is 2.56. The Balaban J connectivity index is 1.90. The molecule has 1 aliphatic heterocycles. The molecule has 0 atom stereocenters. The van der Waals surface area contributed by atoms with E-state index in [0.717, 1.165) is 30.6 Å². The van der Waals surface area contributed by atoms with Crippen LogP contribution in [0, 0.1) is 5.82 Å². The molecular weight excluding hydrogens is 191 g/mol. The molecule has 0 unspecified atom stereocenters. The highest BCUT2D eigenvalue weighted by Crippen LogP contribution is 2.43. The Morgan fingerprint density at radius 1 is 1.13 bits per heavy atom. The molecule has 0 N–H and O–H groups in total. The Bertz CT molecular complexity index is 380. The van der Waals surface area contributed by atoms with Crippen LogP contribution in [0.3, 0.4) is 0 Å². The van der Waals surface area contributed by atoms with Crippen LogP contribution in [0.15, 0.2) is 18.2 Å².